The molecule has 1 aromatic carbocycles. The van der Waals surface area contributed by atoms with Crippen LogP contribution in [-0.2, 0) is 0 Å². The third-order valence-electron chi connectivity index (χ3n) is 2.46. The minimum absolute atomic E-state index is 0.0792. The van der Waals surface area contributed by atoms with Crippen LogP contribution < -0.4 is 11.1 Å². The standard InChI is InChI=1S/C14H23FN2/c1-13(2,3)9-14(4,5)17-12-7-6-10(15)8-11(12)16/h6-8,17H,9,16H2,1-5H3. The van der Waals surface area contributed by atoms with Crippen LogP contribution in [0.15, 0.2) is 18.2 Å². The molecule has 0 fully saturated rings. The molecule has 3 N–H and O–H groups in total. The van der Waals surface area contributed by atoms with E-state index in [4.69, 9.17) is 5.73 Å². The van der Waals surface area contributed by atoms with Crippen LogP contribution in [-0.4, -0.2) is 5.54 Å². The first-order chi connectivity index (χ1) is 7.59. The van der Waals surface area contributed by atoms with Crippen LogP contribution in [0.4, 0.5) is 15.8 Å². The molecule has 0 aliphatic carbocycles. The lowest BCUT2D eigenvalue weighted by Crippen LogP contribution is -2.35. The van der Waals surface area contributed by atoms with Crippen molar-refractivity contribution in [3.63, 3.8) is 0 Å². The Balaban J connectivity index is 2.83. The Bertz CT molecular complexity index is 392. The summed E-state index contributed by atoms with van der Waals surface area (Å²) in [6, 6.07) is 4.45. The van der Waals surface area contributed by atoms with Gasteiger partial charge in [0.2, 0.25) is 0 Å². The van der Waals surface area contributed by atoms with E-state index in [2.05, 4.69) is 39.9 Å². The molecule has 0 unspecified atom stereocenters. The number of anilines is 2. The van der Waals surface area contributed by atoms with Gasteiger partial charge in [0, 0.05) is 5.54 Å². The summed E-state index contributed by atoms with van der Waals surface area (Å²) in [5.41, 5.74) is 7.18. The summed E-state index contributed by atoms with van der Waals surface area (Å²) < 4.78 is 12.9. The van der Waals surface area contributed by atoms with Gasteiger partial charge < -0.3 is 11.1 Å². The van der Waals surface area contributed by atoms with Gasteiger partial charge in [0.05, 0.1) is 11.4 Å². The number of hydrogen-bond donors (Lipinski definition) is 2. The van der Waals surface area contributed by atoms with E-state index in [1.807, 2.05) is 0 Å². The van der Waals surface area contributed by atoms with Gasteiger partial charge in [-0.05, 0) is 43.9 Å². The molecule has 17 heavy (non-hydrogen) atoms. The average molecular weight is 238 g/mol. The minimum Gasteiger partial charge on any atom is -0.397 e. The zero-order valence-corrected chi connectivity index (χ0v) is 11.4. The zero-order chi connectivity index (χ0) is 13.3. The van der Waals surface area contributed by atoms with Gasteiger partial charge in [0.1, 0.15) is 5.82 Å². The highest BCUT2D eigenvalue weighted by Crippen LogP contribution is 2.31. The van der Waals surface area contributed by atoms with Gasteiger partial charge in [-0.2, -0.15) is 0 Å². The molecular formula is C14H23FN2. The lowest BCUT2D eigenvalue weighted by atomic mass is 9.81. The maximum atomic E-state index is 12.9. The van der Waals surface area contributed by atoms with Crippen molar-refractivity contribution in [1.82, 2.24) is 0 Å². The fourth-order valence-corrected chi connectivity index (χ4v) is 2.38. The Morgan fingerprint density at radius 2 is 1.76 bits per heavy atom. The molecule has 0 aromatic heterocycles. The van der Waals surface area contributed by atoms with Crippen molar-refractivity contribution in [2.75, 3.05) is 11.1 Å². The summed E-state index contributed by atoms with van der Waals surface area (Å²) in [5, 5.41) is 3.38. The van der Waals surface area contributed by atoms with E-state index in [0.29, 0.717) is 5.69 Å². The lowest BCUT2D eigenvalue weighted by Gasteiger charge is -2.34. The quantitative estimate of drug-likeness (QED) is 0.780. The summed E-state index contributed by atoms with van der Waals surface area (Å²) in [7, 11) is 0. The SMILES string of the molecule is CC(C)(C)CC(C)(C)Nc1ccc(F)cc1N. The Morgan fingerprint density at radius 1 is 1.18 bits per heavy atom. The summed E-state index contributed by atoms with van der Waals surface area (Å²) in [6.45, 7) is 10.8. The van der Waals surface area contributed by atoms with Crippen LogP contribution in [0, 0.1) is 11.2 Å². The number of rotatable bonds is 3. The molecule has 0 saturated heterocycles. The van der Waals surface area contributed by atoms with Crippen molar-refractivity contribution in [1.29, 1.82) is 0 Å². The second-order valence-electron chi connectivity index (χ2n) is 6.48. The lowest BCUT2D eigenvalue weighted by molar-refractivity contribution is 0.302. The molecule has 0 radical (unpaired) electrons. The summed E-state index contributed by atoms with van der Waals surface area (Å²) in [4.78, 5) is 0. The molecule has 0 heterocycles. The molecule has 0 bridgehead atoms. The highest BCUT2D eigenvalue weighted by atomic mass is 19.1. The van der Waals surface area contributed by atoms with Crippen LogP contribution in [0.1, 0.15) is 41.0 Å². The Hall–Kier alpha value is -1.25. The molecular weight excluding hydrogens is 215 g/mol. The van der Waals surface area contributed by atoms with Crippen LogP contribution in [0.25, 0.3) is 0 Å². The molecule has 0 amide bonds. The van der Waals surface area contributed by atoms with E-state index < -0.39 is 0 Å². The second-order valence-corrected chi connectivity index (χ2v) is 6.48. The molecule has 3 heteroatoms. The third-order valence-corrected chi connectivity index (χ3v) is 2.46. The van der Waals surface area contributed by atoms with E-state index in [1.54, 1.807) is 6.07 Å². The molecule has 0 saturated carbocycles. The van der Waals surface area contributed by atoms with Gasteiger partial charge in [0.15, 0.2) is 0 Å². The van der Waals surface area contributed by atoms with E-state index in [1.165, 1.54) is 12.1 Å². The van der Waals surface area contributed by atoms with Crippen LogP contribution in [0.3, 0.4) is 0 Å². The number of hydrogen-bond acceptors (Lipinski definition) is 2. The molecule has 1 aromatic rings. The normalized spacial score (nSPS) is 12.6. The summed E-state index contributed by atoms with van der Waals surface area (Å²) >= 11 is 0. The van der Waals surface area contributed by atoms with Crippen molar-refractivity contribution in [2.45, 2.75) is 46.6 Å². The molecule has 0 aliphatic rings. The first-order valence-corrected chi connectivity index (χ1v) is 5.92. The maximum absolute atomic E-state index is 12.9. The van der Waals surface area contributed by atoms with Gasteiger partial charge >= 0.3 is 0 Å². The highest BCUT2D eigenvalue weighted by Gasteiger charge is 2.25. The van der Waals surface area contributed by atoms with Crippen LogP contribution >= 0.6 is 0 Å². The monoisotopic (exact) mass is 238 g/mol. The Kier molecular flexibility index (Phi) is 3.70. The first kappa shape index (κ1) is 13.8. The van der Waals surface area contributed by atoms with Crippen molar-refractivity contribution in [3.05, 3.63) is 24.0 Å². The maximum Gasteiger partial charge on any atom is 0.125 e. The van der Waals surface area contributed by atoms with Crippen LogP contribution in [0.2, 0.25) is 0 Å². The highest BCUT2D eigenvalue weighted by molar-refractivity contribution is 5.66. The third kappa shape index (κ3) is 4.63. The van der Waals surface area contributed by atoms with E-state index in [0.717, 1.165) is 12.1 Å². The van der Waals surface area contributed by atoms with Gasteiger partial charge in [-0.25, -0.2) is 4.39 Å². The number of nitrogens with one attached hydrogen (secondary N) is 1. The molecule has 1 rings (SSSR count). The molecule has 0 spiro atoms. The van der Waals surface area contributed by atoms with E-state index in [9.17, 15) is 4.39 Å². The molecule has 0 atom stereocenters. The van der Waals surface area contributed by atoms with Gasteiger partial charge in [-0.15, -0.1) is 0 Å². The van der Waals surface area contributed by atoms with Crippen molar-refractivity contribution < 1.29 is 4.39 Å². The van der Waals surface area contributed by atoms with Crippen molar-refractivity contribution in [3.8, 4) is 0 Å². The minimum atomic E-state index is -0.304. The molecule has 2 nitrogen and oxygen atoms in total. The van der Waals surface area contributed by atoms with E-state index in [-0.39, 0.29) is 16.8 Å². The summed E-state index contributed by atoms with van der Waals surface area (Å²) in [6.07, 6.45) is 0.997. The predicted octanol–water partition coefficient (Wildman–Crippen LogP) is 4.03. The fraction of sp³-hybridized carbons (Fsp3) is 0.571. The van der Waals surface area contributed by atoms with Gasteiger partial charge in [-0.1, -0.05) is 20.8 Å². The Labute approximate surface area is 103 Å². The number of halogens is 1. The Morgan fingerprint density at radius 3 is 2.24 bits per heavy atom. The molecule has 0 aliphatic heterocycles. The predicted molar refractivity (Wildman–Crippen MR) is 72.6 cm³/mol. The summed E-state index contributed by atoms with van der Waals surface area (Å²) in [5.74, 6) is -0.304. The van der Waals surface area contributed by atoms with Crippen LogP contribution in [0.5, 0.6) is 0 Å². The smallest absolute Gasteiger partial charge is 0.125 e. The second kappa shape index (κ2) is 4.55. The van der Waals surface area contributed by atoms with E-state index >= 15 is 0 Å². The average Bonchev–Trinajstić information content (AvgIpc) is 2.05. The number of benzene rings is 1. The van der Waals surface area contributed by atoms with Crippen molar-refractivity contribution in [2.24, 2.45) is 5.41 Å². The van der Waals surface area contributed by atoms with Crippen molar-refractivity contribution >= 4 is 11.4 Å². The number of nitrogens with two attached hydrogens (primary N) is 1. The zero-order valence-electron chi connectivity index (χ0n) is 11.4. The largest absolute Gasteiger partial charge is 0.397 e. The molecule has 96 valence electrons. The number of nitrogen functional groups attached to an aromatic ring is 1. The topological polar surface area (TPSA) is 38.0 Å². The first-order valence-electron chi connectivity index (χ1n) is 5.92. The van der Waals surface area contributed by atoms with Gasteiger partial charge in [-0.3, -0.25) is 0 Å². The fourth-order valence-electron chi connectivity index (χ4n) is 2.38. The van der Waals surface area contributed by atoms with Gasteiger partial charge in [0.25, 0.3) is 0 Å².